The fourth-order valence-electron chi connectivity index (χ4n) is 2.64. The first kappa shape index (κ1) is 15.8. The van der Waals surface area contributed by atoms with Gasteiger partial charge < -0.3 is 9.67 Å². The zero-order chi connectivity index (χ0) is 14.8. The molecule has 20 heavy (non-hydrogen) atoms. The van der Waals surface area contributed by atoms with E-state index in [1.165, 1.54) is 15.2 Å². The maximum absolute atomic E-state index is 12.7. The Hall–Kier alpha value is -0.630. The lowest BCUT2D eigenvalue weighted by molar-refractivity contribution is 0.199. The van der Waals surface area contributed by atoms with E-state index in [2.05, 4.69) is 4.98 Å². The highest BCUT2D eigenvalue weighted by molar-refractivity contribution is 7.89. The highest BCUT2D eigenvalue weighted by Crippen LogP contribution is 2.29. The molecule has 0 radical (unpaired) electrons. The van der Waals surface area contributed by atoms with Crippen LogP contribution in [0, 0.1) is 0 Å². The van der Waals surface area contributed by atoms with Crippen molar-refractivity contribution in [1.82, 2.24) is 13.9 Å². The van der Waals surface area contributed by atoms with Crippen LogP contribution in [0.2, 0.25) is 5.15 Å². The standard InChI is InChI=1S/C12H20ClN3O3S/c1-15-9-14-12(11(15)13)20(18,19)16(7-8-17)10-5-3-2-4-6-10/h9-10,17H,2-8H2,1H3. The first-order valence-corrected chi connectivity index (χ1v) is 8.60. The molecule has 0 spiro atoms. The van der Waals surface area contributed by atoms with Crippen LogP contribution in [0.1, 0.15) is 32.1 Å². The van der Waals surface area contributed by atoms with Crippen LogP contribution in [0.25, 0.3) is 0 Å². The molecule has 114 valence electrons. The van der Waals surface area contributed by atoms with Gasteiger partial charge in [-0.2, -0.15) is 4.31 Å². The predicted molar refractivity (Wildman–Crippen MR) is 76.1 cm³/mol. The molecule has 1 fully saturated rings. The summed E-state index contributed by atoms with van der Waals surface area (Å²) in [5.74, 6) is 0. The second kappa shape index (κ2) is 6.43. The van der Waals surface area contributed by atoms with E-state index < -0.39 is 10.0 Å². The summed E-state index contributed by atoms with van der Waals surface area (Å²) in [6, 6.07) is -0.0704. The number of sulfonamides is 1. The van der Waals surface area contributed by atoms with Gasteiger partial charge in [-0.3, -0.25) is 0 Å². The van der Waals surface area contributed by atoms with Gasteiger partial charge in [-0.15, -0.1) is 0 Å². The summed E-state index contributed by atoms with van der Waals surface area (Å²) < 4.78 is 28.2. The lowest BCUT2D eigenvalue weighted by Gasteiger charge is -2.32. The van der Waals surface area contributed by atoms with Crippen molar-refractivity contribution >= 4 is 21.6 Å². The first-order chi connectivity index (χ1) is 9.48. The fraction of sp³-hybridized carbons (Fsp3) is 0.750. The summed E-state index contributed by atoms with van der Waals surface area (Å²) in [7, 11) is -2.12. The van der Waals surface area contributed by atoms with Crippen LogP contribution < -0.4 is 0 Å². The number of imidazole rings is 1. The maximum Gasteiger partial charge on any atom is 0.264 e. The average molecular weight is 322 g/mol. The third kappa shape index (κ3) is 3.00. The van der Waals surface area contributed by atoms with Gasteiger partial charge in [-0.25, -0.2) is 13.4 Å². The van der Waals surface area contributed by atoms with Gasteiger partial charge in [0.05, 0.1) is 12.9 Å². The van der Waals surface area contributed by atoms with E-state index in [1.54, 1.807) is 7.05 Å². The Kier molecular flexibility index (Phi) is 5.06. The van der Waals surface area contributed by atoms with E-state index in [0.29, 0.717) is 0 Å². The molecular weight excluding hydrogens is 302 g/mol. The van der Waals surface area contributed by atoms with Crippen LogP contribution in [0.15, 0.2) is 11.4 Å². The van der Waals surface area contributed by atoms with Crippen molar-refractivity contribution in [2.75, 3.05) is 13.2 Å². The molecule has 1 saturated carbocycles. The second-order valence-electron chi connectivity index (χ2n) is 5.08. The van der Waals surface area contributed by atoms with Gasteiger partial charge in [-0.05, 0) is 12.8 Å². The Morgan fingerprint density at radius 3 is 2.60 bits per heavy atom. The van der Waals surface area contributed by atoms with Crippen LogP contribution >= 0.6 is 11.6 Å². The van der Waals surface area contributed by atoms with E-state index in [9.17, 15) is 13.5 Å². The molecule has 1 aromatic heterocycles. The molecule has 0 atom stereocenters. The zero-order valence-electron chi connectivity index (χ0n) is 11.5. The average Bonchev–Trinajstić information content (AvgIpc) is 2.77. The molecule has 6 nitrogen and oxygen atoms in total. The van der Waals surface area contributed by atoms with Gasteiger partial charge in [0, 0.05) is 19.6 Å². The summed E-state index contributed by atoms with van der Waals surface area (Å²) >= 11 is 6.01. The Morgan fingerprint density at radius 1 is 1.45 bits per heavy atom. The van der Waals surface area contributed by atoms with Gasteiger partial charge in [-0.1, -0.05) is 30.9 Å². The van der Waals surface area contributed by atoms with Crippen molar-refractivity contribution in [2.24, 2.45) is 7.05 Å². The predicted octanol–water partition coefficient (Wildman–Crippen LogP) is 1.39. The van der Waals surface area contributed by atoms with Crippen molar-refractivity contribution in [1.29, 1.82) is 0 Å². The molecule has 2 rings (SSSR count). The molecule has 0 amide bonds. The van der Waals surface area contributed by atoms with Crippen LogP contribution in [-0.2, 0) is 17.1 Å². The Bertz CT molecular complexity index is 552. The first-order valence-electron chi connectivity index (χ1n) is 6.78. The quantitative estimate of drug-likeness (QED) is 0.889. The number of nitrogens with zero attached hydrogens (tertiary/aromatic N) is 3. The second-order valence-corrected chi connectivity index (χ2v) is 7.25. The van der Waals surface area contributed by atoms with Crippen molar-refractivity contribution in [2.45, 2.75) is 43.2 Å². The van der Waals surface area contributed by atoms with Crippen LogP contribution in [-0.4, -0.2) is 46.6 Å². The van der Waals surface area contributed by atoms with Gasteiger partial charge in [0.15, 0.2) is 0 Å². The number of halogens is 1. The number of hydrogen-bond acceptors (Lipinski definition) is 4. The van der Waals surface area contributed by atoms with Crippen LogP contribution in [0.3, 0.4) is 0 Å². The Balaban J connectivity index is 2.34. The monoisotopic (exact) mass is 321 g/mol. The number of rotatable bonds is 5. The highest BCUT2D eigenvalue weighted by atomic mass is 35.5. The molecule has 1 aromatic rings. The van der Waals surface area contributed by atoms with Gasteiger partial charge >= 0.3 is 0 Å². The summed E-state index contributed by atoms with van der Waals surface area (Å²) in [6.45, 7) is -0.125. The van der Waals surface area contributed by atoms with E-state index in [1.807, 2.05) is 0 Å². The molecule has 1 aliphatic carbocycles. The summed E-state index contributed by atoms with van der Waals surface area (Å²) in [6.07, 6.45) is 6.19. The molecule has 0 bridgehead atoms. The lowest BCUT2D eigenvalue weighted by Crippen LogP contribution is -2.43. The van der Waals surface area contributed by atoms with E-state index in [4.69, 9.17) is 11.6 Å². The number of aryl methyl sites for hydroxylation is 1. The molecule has 1 N–H and O–H groups in total. The summed E-state index contributed by atoms with van der Waals surface area (Å²) in [4.78, 5) is 3.90. The maximum atomic E-state index is 12.7. The molecule has 0 unspecified atom stereocenters. The minimum absolute atomic E-state index is 0.0704. The van der Waals surface area contributed by atoms with E-state index in [-0.39, 0.29) is 29.4 Å². The van der Waals surface area contributed by atoms with Crippen molar-refractivity contribution in [3.05, 3.63) is 11.5 Å². The third-order valence-corrected chi connectivity index (χ3v) is 6.13. The van der Waals surface area contributed by atoms with E-state index in [0.717, 1.165) is 32.1 Å². The molecule has 8 heteroatoms. The number of hydrogen-bond donors (Lipinski definition) is 1. The topological polar surface area (TPSA) is 75.4 Å². The lowest BCUT2D eigenvalue weighted by atomic mass is 9.95. The minimum atomic E-state index is -3.76. The number of aliphatic hydroxyl groups excluding tert-OH is 1. The normalized spacial score (nSPS) is 17.8. The molecular formula is C12H20ClN3O3S. The summed E-state index contributed by atoms with van der Waals surface area (Å²) in [5, 5.41) is 9.16. The number of aliphatic hydroxyl groups is 1. The van der Waals surface area contributed by atoms with Gasteiger partial charge in [0.1, 0.15) is 5.15 Å². The van der Waals surface area contributed by atoms with Crippen molar-refractivity contribution in [3.8, 4) is 0 Å². The van der Waals surface area contributed by atoms with Gasteiger partial charge in [0.25, 0.3) is 10.0 Å². The third-order valence-electron chi connectivity index (χ3n) is 3.69. The molecule has 1 heterocycles. The highest BCUT2D eigenvalue weighted by Gasteiger charge is 2.35. The minimum Gasteiger partial charge on any atom is -0.395 e. The SMILES string of the molecule is Cn1cnc(S(=O)(=O)N(CCO)C2CCCCC2)c1Cl. The molecule has 0 aromatic carbocycles. The van der Waals surface area contributed by atoms with Crippen LogP contribution in [0.5, 0.6) is 0 Å². The Labute approximate surface area is 124 Å². The smallest absolute Gasteiger partial charge is 0.264 e. The fourth-order valence-corrected chi connectivity index (χ4v) is 4.71. The van der Waals surface area contributed by atoms with E-state index >= 15 is 0 Å². The Morgan fingerprint density at radius 2 is 2.10 bits per heavy atom. The van der Waals surface area contributed by atoms with Crippen molar-refractivity contribution < 1.29 is 13.5 Å². The largest absolute Gasteiger partial charge is 0.395 e. The van der Waals surface area contributed by atoms with Crippen molar-refractivity contribution in [3.63, 3.8) is 0 Å². The van der Waals surface area contributed by atoms with Crippen LogP contribution in [0.4, 0.5) is 0 Å². The number of aromatic nitrogens is 2. The summed E-state index contributed by atoms with van der Waals surface area (Å²) in [5.41, 5.74) is 0. The van der Waals surface area contributed by atoms with Gasteiger partial charge in [0.2, 0.25) is 5.03 Å². The zero-order valence-corrected chi connectivity index (χ0v) is 13.1. The molecule has 0 saturated heterocycles. The molecule has 1 aliphatic rings. The molecule has 0 aliphatic heterocycles.